The molecule has 19 heavy (non-hydrogen) atoms. The maximum absolute atomic E-state index is 12.4. The van der Waals surface area contributed by atoms with Crippen LogP contribution in [0.1, 0.15) is 30.1 Å². The summed E-state index contributed by atoms with van der Waals surface area (Å²) in [5.41, 5.74) is -0.0427. The lowest BCUT2D eigenvalue weighted by molar-refractivity contribution is -0.00364. The maximum atomic E-state index is 12.4. The van der Waals surface area contributed by atoms with Gasteiger partial charge in [-0.05, 0) is 43.0 Å². The minimum absolute atomic E-state index is 0.0138. The average Bonchev–Trinajstić information content (AvgIpc) is 3.18. The average molecular weight is 280 g/mol. The summed E-state index contributed by atoms with van der Waals surface area (Å²) in [5, 5.41) is 11.3. The molecule has 3 rings (SSSR count). The number of β-amino-alcohol motifs (C(OH)–C–C–N with tert-alkyl or cyclic N) is 1. The van der Waals surface area contributed by atoms with Crippen LogP contribution < -0.4 is 0 Å². The van der Waals surface area contributed by atoms with Crippen LogP contribution in [0.2, 0.25) is 5.02 Å². The van der Waals surface area contributed by atoms with Crippen molar-refractivity contribution in [3.63, 3.8) is 0 Å². The van der Waals surface area contributed by atoms with Crippen molar-refractivity contribution >= 4 is 17.5 Å². The van der Waals surface area contributed by atoms with Gasteiger partial charge in [-0.1, -0.05) is 18.5 Å². The molecular formula is C15H18ClNO2. The Kier molecular flexibility index (Phi) is 3.06. The van der Waals surface area contributed by atoms with Gasteiger partial charge in [0, 0.05) is 23.0 Å². The first-order valence-corrected chi connectivity index (χ1v) is 7.16. The van der Waals surface area contributed by atoms with Crippen molar-refractivity contribution in [3.05, 3.63) is 34.9 Å². The van der Waals surface area contributed by atoms with E-state index in [2.05, 4.69) is 0 Å². The number of likely N-dealkylation sites (tertiary alicyclic amines) is 1. The summed E-state index contributed by atoms with van der Waals surface area (Å²) in [6, 6.07) is 6.93. The van der Waals surface area contributed by atoms with E-state index < -0.39 is 5.60 Å². The Morgan fingerprint density at radius 3 is 2.58 bits per heavy atom. The van der Waals surface area contributed by atoms with Gasteiger partial charge in [0.2, 0.25) is 0 Å². The van der Waals surface area contributed by atoms with Gasteiger partial charge in [0.05, 0.1) is 12.1 Å². The summed E-state index contributed by atoms with van der Waals surface area (Å²) in [7, 11) is 0. The molecule has 1 aliphatic heterocycles. The van der Waals surface area contributed by atoms with Crippen molar-refractivity contribution in [2.45, 2.75) is 25.4 Å². The number of benzene rings is 1. The quantitative estimate of drug-likeness (QED) is 0.904. The summed E-state index contributed by atoms with van der Waals surface area (Å²) in [4.78, 5) is 14.2. The van der Waals surface area contributed by atoms with Gasteiger partial charge in [0.1, 0.15) is 0 Å². The number of amides is 1. The van der Waals surface area contributed by atoms with Gasteiger partial charge in [0.25, 0.3) is 5.91 Å². The molecule has 1 heterocycles. The molecule has 4 heteroatoms. The molecule has 2 fully saturated rings. The Labute approximate surface area is 118 Å². The molecule has 1 saturated carbocycles. The molecule has 0 radical (unpaired) electrons. The standard InChI is InChI=1S/C15H18ClNO2/c1-10-8-17(9-15(10,19)12-4-5-12)14(18)11-2-6-13(16)7-3-11/h2-3,6-7,10,12,19H,4-5,8-9H2,1H3/t10-,15+/m0/s1. The molecule has 0 aromatic heterocycles. The molecule has 1 N–H and O–H groups in total. The topological polar surface area (TPSA) is 40.5 Å². The second-order valence-corrected chi connectivity index (χ2v) is 6.30. The zero-order chi connectivity index (χ0) is 13.6. The molecular weight excluding hydrogens is 262 g/mol. The van der Waals surface area contributed by atoms with E-state index in [1.54, 1.807) is 29.2 Å². The van der Waals surface area contributed by atoms with E-state index >= 15 is 0 Å². The molecule has 1 aromatic carbocycles. The van der Waals surface area contributed by atoms with Gasteiger partial charge >= 0.3 is 0 Å². The molecule has 2 atom stereocenters. The Morgan fingerprint density at radius 2 is 2.00 bits per heavy atom. The van der Waals surface area contributed by atoms with Crippen LogP contribution in [0.4, 0.5) is 0 Å². The van der Waals surface area contributed by atoms with E-state index in [1.165, 1.54) is 0 Å². The number of carbonyl (C=O) groups excluding carboxylic acids is 1. The van der Waals surface area contributed by atoms with E-state index in [-0.39, 0.29) is 11.8 Å². The maximum Gasteiger partial charge on any atom is 0.253 e. The number of halogens is 1. The fourth-order valence-corrected chi connectivity index (χ4v) is 3.19. The predicted octanol–water partition coefficient (Wildman–Crippen LogP) is 2.57. The third-order valence-electron chi connectivity index (χ3n) is 4.45. The van der Waals surface area contributed by atoms with Crippen molar-refractivity contribution in [2.75, 3.05) is 13.1 Å². The van der Waals surface area contributed by atoms with Crippen LogP contribution in [0.5, 0.6) is 0 Å². The lowest BCUT2D eigenvalue weighted by atomic mass is 9.88. The second-order valence-electron chi connectivity index (χ2n) is 5.86. The Balaban J connectivity index is 1.77. The lowest BCUT2D eigenvalue weighted by Crippen LogP contribution is -2.40. The number of nitrogens with zero attached hydrogens (tertiary/aromatic N) is 1. The van der Waals surface area contributed by atoms with Crippen molar-refractivity contribution in [1.29, 1.82) is 0 Å². The molecule has 1 aromatic rings. The largest absolute Gasteiger partial charge is 0.387 e. The molecule has 0 unspecified atom stereocenters. The van der Waals surface area contributed by atoms with E-state index in [9.17, 15) is 9.90 Å². The first-order chi connectivity index (χ1) is 9.00. The van der Waals surface area contributed by atoms with Crippen LogP contribution >= 0.6 is 11.6 Å². The zero-order valence-electron chi connectivity index (χ0n) is 11.0. The summed E-state index contributed by atoms with van der Waals surface area (Å²) in [6.07, 6.45) is 2.17. The van der Waals surface area contributed by atoms with Gasteiger partial charge in [0.15, 0.2) is 0 Å². The van der Waals surface area contributed by atoms with Crippen LogP contribution in [0.3, 0.4) is 0 Å². The Bertz CT molecular complexity index is 497. The molecule has 0 spiro atoms. The number of aliphatic hydroxyl groups is 1. The Hall–Kier alpha value is -1.06. The van der Waals surface area contributed by atoms with Crippen molar-refractivity contribution in [3.8, 4) is 0 Å². The third kappa shape index (κ3) is 2.26. The van der Waals surface area contributed by atoms with Gasteiger partial charge in [-0.15, -0.1) is 0 Å². The number of hydrogen-bond acceptors (Lipinski definition) is 2. The highest BCUT2D eigenvalue weighted by Gasteiger charge is 2.53. The highest BCUT2D eigenvalue weighted by Crippen LogP contribution is 2.47. The van der Waals surface area contributed by atoms with Crippen LogP contribution in [0.15, 0.2) is 24.3 Å². The number of rotatable bonds is 2. The van der Waals surface area contributed by atoms with E-state index in [4.69, 9.17) is 11.6 Å². The normalized spacial score (nSPS) is 30.7. The first-order valence-electron chi connectivity index (χ1n) is 6.78. The molecule has 3 nitrogen and oxygen atoms in total. The third-order valence-corrected chi connectivity index (χ3v) is 4.71. The van der Waals surface area contributed by atoms with E-state index in [1.807, 2.05) is 6.92 Å². The summed E-state index contributed by atoms with van der Waals surface area (Å²) in [5.74, 6) is 0.516. The van der Waals surface area contributed by atoms with Gasteiger partial charge in [-0.2, -0.15) is 0 Å². The molecule has 2 aliphatic rings. The van der Waals surface area contributed by atoms with E-state index in [0.717, 1.165) is 12.8 Å². The van der Waals surface area contributed by atoms with Crippen LogP contribution in [-0.4, -0.2) is 34.6 Å². The summed E-state index contributed by atoms with van der Waals surface area (Å²) >= 11 is 5.83. The monoisotopic (exact) mass is 279 g/mol. The smallest absolute Gasteiger partial charge is 0.253 e. The van der Waals surface area contributed by atoms with Crippen LogP contribution in [0.25, 0.3) is 0 Å². The first kappa shape index (κ1) is 12.9. The second kappa shape index (κ2) is 4.50. The minimum Gasteiger partial charge on any atom is -0.387 e. The summed E-state index contributed by atoms with van der Waals surface area (Å²) < 4.78 is 0. The van der Waals surface area contributed by atoms with Crippen LogP contribution in [0, 0.1) is 11.8 Å². The van der Waals surface area contributed by atoms with Gasteiger partial charge in [-0.3, -0.25) is 4.79 Å². The molecule has 1 aliphatic carbocycles. The fraction of sp³-hybridized carbons (Fsp3) is 0.533. The minimum atomic E-state index is -0.678. The van der Waals surface area contributed by atoms with Gasteiger partial charge in [-0.25, -0.2) is 0 Å². The molecule has 102 valence electrons. The van der Waals surface area contributed by atoms with Crippen molar-refractivity contribution < 1.29 is 9.90 Å². The number of hydrogen-bond donors (Lipinski definition) is 1. The van der Waals surface area contributed by atoms with Gasteiger partial charge < -0.3 is 10.0 Å². The molecule has 1 amide bonds. The number of carbonyl (C=O) groups is 1. The lowest BCUT2D eigenvalue weighted by Gasteiger charge is -2.26. The predicted molar refractivity (Wildman–Crippen MR) is 74.2 cm³/mol. The molecule has 0 bridgehead atoms. The van der Waals surface area contributed by atoms with E-state index in [0.29, 0.717) is 29.6 Å². The van der Waals surface area contributed by atoms with Crippen LogP contribution in [-0.2, 0) is 0 Å². The summed E-state index contributed by atoms with van der Waals surface area (Å²) in [6.45, 7) is 3.13. The zero-order valence-corrected chi connectivity index (χ0v) is 11.7. The Morgan fingerprint density at radius 1 is 1.37 bits per heavy atom. The fourth-order valence-electron chi connectivity index (χ4n) is 3.06. The van der Waals surface area contributed by atoms with Crippen molar-refractivity contribution in [1.82, 2.24) is 4.90 Å². The highest BCUT2D eigenvalue weighted by atomic mass is 35.5. The van der Waals surface area contributed by atoms with Crippen molar-refractivity contribution in [2.24, 2.45) is 11.8 Å². The molecule has 1 saturated heterocycles. The highest BCUT2D eigenvalue weighted by molar-refractivity contribution is 6.30. The SMILES string of the molecule is C[C@H]1CN(C(=O)c2ccc(Cl)cc2)C[C@]1(O)C1CC1.